The van der Waals surface area contributed by atoms with E-state index in [0.717, 1.165) is 15.6 Å². The van der Waals surface area contributed by atoms with Gasteiger partial charge in [0, 0.05) is 15.6 Å². The van der Waals surface area contributed by atoms with E-state index >= 15 is 0 Å². The van der Waals surface area contributed by atoms with Gasteiger partial charge in [-0.1, -0.05) is 15.9 Å². The molecule has 0 N–H and O–H groups in total. The Hall–Kier alpha value is -1.48. The first-order valence-corrected chi connectivity index (χ1v) is 6.35. The van der Waals surface area contributed by atoms with E-state index in [4.69, 9.17) is 0 Å². The molecule has 2 rings (SSSR count). The molecule has 2 aromatic carbocycles. The average molecular weight is 307 g/mol. The van der Waals surface area contributed by atoms with Crippen molar-refractivity contribution >= 4 is 21.7 Å². The zero-order valence-corrected chi connectivity index (χ0v) is 11.7. The van der Waals surface area contributed by atoms with E-state index in [9.17, 15) is 9.18 Å². The third-order valence-electron chi connectivity index (χ3n) is 2.72. The second-order valence-electron chi connectivity index (χ2n) is 4.31. The third kappa shape index (κ3) is 2.67. The van der Waals surface area contributed by atoms with Crippen LogP contribution < -0.4 is 0 Å². The molecule has 0 saturated heterocycles. The molecule has 0 atom stereocenters. The summed E-state index contributed by atoms with van der Waals surface area (Å²) in [4.78, 5) is 12.2. The van der Waals surface area contributed by atoms with Gasteiger partial charge in [-0.25, -0.2) is 4.39 Å². The average Bonchev–Trinajstić information content (AvgIpc) is 2.30. The van der Waals surface area contributed by atoms with Gasteiger partial charge in [0.05, 0.1) is 0 Å². The van der Waals surface area contributed by atoms with Crippen molar-refractivity contribution in [1.29, 1.82) is 0 Å². The highest BCUT2D eigenvalue weighted by atomic mass is 79.9. The zero-order chi connectivity index (χ0) is 13.3. The number of aryl methyl sites for hydroxylation is 2. The van der Waals surface area contributed by atoms with Crippen LogP contribution in [0.25, 0.3) is 0 Å². The molecule has 18 heavy (non-hydrogen) atoms. The summed E-state index contributed by atoms with van der Waals surface area (Å²) in [6.45, 7) is 3.68. The Morgan fingerprint density at radius 3 is 2.39 bits per heavy atom. The first kappa shape index (κ1) is 13.0. The van der Waals surface area contributed by atoms with Gasteiger partial charge in [0.15, 0.2) is 5.78 Å². The van der Waals surface area contributed by atoms with Crippen molar-refractivity contribution in [1.82, 2.24) is 0 Å². The van der Waals surface area contributed by atoms with Crippen LogP contribution in [0.4, 0.5) is 4.39 Å². The van der Waals surface area contributed by atoms with Crippen molar-refractivity contribution in [2.75, 3.05) is 0 Å². The summed E-state index contributed by atoms with van der Waals surface area (Å²) in [6, 6.07) is 9.74. The summed E-state index contributed by atoms with van der Waals surface area (Å²) >= 11 is 3.39. The molecule has 0 bridgehead atoms. The predicted octanol–water partition coefficient (Wildman–Crippen LogP) is 4.44. The lowest BCUT2D eigenvalue weighted by Crippen LogP contribution is -2.03. The fourth-order valence-electron chi connectivity index (χ4n) is 1.82. The predicted molar refractivity (Wildman–Crippen MR) is 73.4 cm³/mol. The molecule has 0 aromatic heterocycles. The minimum atomic E-state index is -0.382. The van der Waals surface area contributed by atoms with E-state index < -0.39 is 0 Å². The Balaban J connectivity index is 2.44. The second kappa shape index (κ2) is 5.02. The number of carbonyl (C=O) groups is 1. The van der Waals surface area contributed by atoms with Crippen molar-refractivity contribution in [2.45, 2.75) is 13.8 Å². The van der Waals surface area contributed by atoms with E-state index in [2.05, 4.69) is 15.9 Å². The Bertz CT molecular complexity index is 600. The molecule has 0 radical (unpaired) electrons. The first-order chi connectivity index (χ1) is 8.47. The maximum atomic E-state index is 13.3. The van der Waals surface area contributed by atoms with Crippen LogP contribution >= 0.6 is 15.9 Å². The number of halogens is 2. The topological polar surface area (TPSA) is 17.1 Å². The van der Waals surface area contributed by atoms with Crippen LogP contribution in [0.2, 0.25) is 0 Å². The molecule has 0 aliphatic carbocycles. The molecule has 0 heterocycles. The van der Waals surface area contributed by atoms with E-state index in [1.807, 2.05) is 13.0 Å². The minimum absolute atomic E-state index is 0.159. The molecule has 0 aliphatic heterocycles. The van der Waals surface area contributed by atoms with Crippen LogP contribution in [0.3, 0.4) is 0 Å². The fraction of sp³-hybridized carbons (Fsp3) is 0.133. The summed E-state index contributed by atoms with van der Waals surface area (Å²) in [5.74, 6) is -0.541. The summed E-state index contributed by atoms with van der Waals surface area (Å²) < 4.78 is 14.2. The normalized spacial score (nSPS) is 10.4. The molecular formula is C15H12BrFO. The maximum Gasteiger partial charge on any atom is 0.193 e. The monoisotopic (exact) mass is 306 g/mol. The molecule has 0 amide bonds. The quantitative estimate of drug-likeness (QED) is 0.750. The van der Waals surface area contributed by atoms with Gasteiger partial charge in [0.1, 0.15) is 5.82 Å². The Morgan fingerprint density at radius 1 is 1.06 bits per heavy atom. The van der Waals surface area contributed by atoms with Crippen LogP contribution in [-0.2, 0) is 0 Å². The van der Waals surface area contributed by atoms with Crippen LogP contribution in [0.5, 0.6) is 0 Å². The summed E-state index contributed by atoms with van der Waals surface area (Å²) in [6.07, 6.45) is 0. The van der Waals surface area contributed by atoms with Crippen LogP contribution in [0.15, 0.2) is 40.9 Å². The van der Waals surface area contributed by atoms with Gasteiger partial charge in [-0.2, -0.15) is 0 Å². The third-order valence-corrected chi connectivity index (χ3v) is 3.61. The van der Waals surface area contributed by atoms with Gasteiger partial charge >= 0.3 is 0 Å². The highest BCUT2D eigenvalue weighted by molar-refractivity contribution is 9.10. The largest absolute Gasteiger partial charge is 0.289 e. The van der Waals surface area contributed by atoms with Gasteiger partial charge in [0.2, 0.25) is 0 Å². The van der Waals surface area contributed by atoms with Crippen LogP contribution in [-0.4, -0.2) is 5.78 Å². The molecule has 92 valence electrons. The van der Waals surface area contributed by atoms with E-state index in [1.54, 1.807) is 25.1 Å². The second-order valence-corrected chi connectivity index (χ2v) is 5.16. The Kier molecular flexibility index (Phi) is 3.62. The number of ketones is 1. The number of benzene rings is 2. The highest BCUT2D eigenvalue weighted by Crippen LogP contribution is 2.20. The number of rotatable bonds is 2. The molecule has 0 spiro atoms. The number of hydrogen-bond acceptors (Lipinski definition) is 1. The van der Waals surface area contributed by atoms with Gasteiger partial charge in [0.25, 0.3) is 0 Å². The Labute approximate surface area is 114 Å². The van der Waals surface area contributed by atoms with E-state index in [-0.39, 0.29) is 11.6 Å². The molecule has 1 nitrogen and oxygen atoms in total. The molecule has 2 aromatic rings. The van der Waals surface area contributed by atoms with E-state index in [1.165, 1.54) is 12.1 Å². The van der Waals surface area contributed by atoms with Gasteiger partial charge < -0.3 is 0 Å². The van der Waals surface area contributed by atoms with Gasteiger partial charge in [-0.3, -0.25) is 4.79 Å². The number of hydrogen-bond donors (Lipinski definition) is 0. The molecule has 3 heteroatoms. The lowest BCUT2D eigenvalue weighted by molar-refractivity contribution is 0.103. The lowest BCUT2D eigenvalue weighted by Gasteiger charge is -2.05. The first-order valence-electron chi connectivity index (χ1n) is 5.55. The molecule has 0 unspecified atom stereocenters. The number of carbonyl (C=O) groups excluding carboxylic acids is 1. The van der Waals surface area contributed by atoms with Gasteiger partial charge in [-0.05, 0) is 61.4 Å². The lowest BCUT2D eigenvalue weighted by atomic mass is 10.0. The van der Waals surface area contributed by atoms with Crippen molar-refractivity contribution in [2.24, 2.45) is 0 Å². The molecular weight excluding hydrogens is 295 g/mol. The molecule has 0 aliphatic rings. The van der Waals surface area contributed by atoms with Crippen LogP contribution in [0.1, 0.15) is 27.0 Å². The Morgan fingerprint density at radius 2 is 1.78 bits per heavy atom. The summed E-state index contributed by atoms with van der Waals surface area (Å²) in [5, 5.41) is 0. The van der Waals surface area contributed by atoms with Crippen molar-refractivity contribution in [3.05, 3.63) is 68.9 Å². The summed E-state index contributed by atoms with van der Waals surface area (Å²) in [5.41, 5.74) is 2.68. The van der Waals surface area contributed by atoms with Crippen molar-refractivity contribution in [3.63, 3.8) is 0 Å². The fourth-order valence-corrected chi connectivity index (χ4v) is 2.07. The molecule has 0 saturated carbocycles. The molecule has 0 fully saturated rings. The SMILES string of the molecule is Cc1cc(F)cc(C(=O)c2ccc(Br)c(C)c2)c1. The van der Waals surface area contributed by atoms with Gasteiger partial charge in [-0.15, -0.1) is 0 Å². The highest BCUT2D eigenvalue weighted by Gasteiger charge is 2.11. The van der Waals surface area contributed by atoms with E-state index in [0.29, 0.717) is 11.1 Å². The smallest absolute Gasteiger partial charge is 0.193 e. The van der Waals surface area contributed by atoms with Crippen molar-refractivity contribution < 1.29 is 9.18 Å². The summed E-state index contributed by atoms with van der Waals surface area (Å²) in [7, 11) is 0. The zero-order valence-electron chi connectivity index (χ0n) is 10.1. The van der Waals surface area contributed by atoms with Crippen LogP contribution in [0, 0.1) is 19.7 Å². The minimum Gasteiger partial charge on any atom is -0.289 e. The standard InChI is InChI=1S/C15H12BrFO/c1-9-5-12(8-13(17)6-9)15(18)11-3-4-14(16)10(2)7-11/h3-8H,1-2H3. The maximum absolute atomic E-state index is 13.3. The van der Waals surface area contributed by atoms with Crippen molar-refractivity contribution in [3.8, 4) is 0 Å².